The molecule has 0 heterocycles. The van der Waals surface area contributed by atoms with Crippen molar-refractivity contribution in [2.45, 2.75) is 72.8 Å². The first kappa shape index (κ1) is 15.6. The molecule has 0 aliphatic carbocycles. The molecule has 0 aromatic rings. The average Bonchev–Trinajstić information content (AvgIpc) is 2.14. The zero-order valence-electron chi connectivity index (χ0n) is 11.9. The van der Waals surface area contributed by atoms with E-state index in [0.717, 1.165) is 25.8 Å². The molecule has 0 amide bonds. The van der Waals surface area contributed by atoms with Crippen molar-refractivity contribution in [3.05, 3.63) is 0 Å². The van der Waals surface area contributed by atoms with Crippen LogP contribution < -0.4 is 5.32 Å². The zero-order valence-corrected chi connectivity index (χ0v) is 11.9. The molecule has 0 aromatic carbocycles. The Kier molecular flexibility index (Phi) is 6.24. The van der Waals surface area contributed by atoms with Crippen LogP contribution in [0.25, 0.3) is 0 Å². The van der Waals surface area contributed by atoms with Gasteiger partial charge in [0.2, 0.25) is 0 Å². The second kappa shape index (κ2) is 6.39. The standard InChI is InChI=1S/C14H29NO/c1-7-12(16)14(5,6)10-8-9-11-15-13(2,3)4/h15H,7-11H2,1-6H3. The second-order valence-corrected chi connectivity index (χ2v) is 6.29. The molecule has 0 radical (unpaired) electrons. The van der Waals surface area contributed by atoms with Crippen LogP contribution in [0.15, 0.2) is 0 Å². The summed E-state index contributed by atoms with van der Waals surface area (Å²) >= 11 is 0. The summed E-state index contributed by atoms with van der Waals surface area (Å²) in [6, 6.07) is 0. The van der Waals surface area contributed by atoms with Crippen LogP contribution in [0.2, 0.25) is 0 Å². The first-order valence-electron chi connectivity index (χ1n) is 6.47. The maximum atomic E-state index is 11.6. The molecule has 0 spiro atoms. The first-order valence-corrected chi connectivity index (χ1v) is 6.47. The van der Waals surface area contributed by atoms with E-state index in [9.17, 15) is 4.79 Å². The van der Waals surface area contributed by atoms with E-state index < -0.39 is 0 Å². The third kappa shape index (κ3) is 7.00. The van der Waals surface area contributed by atoms with E-state index in [1.165, 1.54) is 0 Å². The fraction of sp³-hybridized carbons (Fsp3) is 0.929. The molecule has 0 saturated heterocycles. The van der Waals surface area contributed by atoms with Crippen molar-refractivity contribution in [3.63, 3.8) is 0 Å². The second-order valence-electron chi connectivity index (χ2n) is 6.29. The third-order valence-electron chi connectivity index (χ3n) is 2.96. The minimum Gasteiger partial charge on any atom is -0.312 e. The van der Waals surface area contributed by atoms with Gasteiger partial charge in [0.1, 0.15) is 5.78 Å². The molecule has 96 valence electrons. The molecule has 0 unspecified atom stereocenters. The molecule has 0 bridgehead atoms. The number of hydrogen-bond acceptors (Lipinski definition) is 2. The van der Waals surface area contributed by atoms with Crippen molar-refractivity contribution in [1.82, 2.24) is 5.32 Å². The van der Waals surface area contributed by atoms with E-state index >= 15 is 0 Å². The van der Waals surface area contributed by atoms with Crippen molar-refractivity contribution in [2.24, 2.45) is 5.41 Å². The van der Waals surface area contributed by atoms with Crippen molar-refractivity contribution in [3.8, 4) is 0 Å². The van der Waals surface area contributed by atoms with Crippen LogP contribution in [0, 0.1) is 5.41 Å². The van der Waals surface area contributed by atoms with Gasteiger partial charge in [-0.15, -0.1) is 0 Å². The van der Waals surface area contributed by atoms with E-state index in [4.69, 9.17) is 0 Å². The van der Waals surface area contributed by atoms with Crippen molar-refractivity contribution < 1.29 is 4.79 Å². The lowest BCUT2D eigenvalue weighted by Crippen LogP contribution is -2.36. The first-order chi connectivity index (χ1) is 7.19. The predicted molar refractivity (Wildman–Crippen MR) is 70.7 cm³/mol. The molecule has 0 saturated carbocycles. The lowest BCUT2D eigenvalue weighted by atomic mass is 9.82. The molecule has 0 aliphatic rings. The van der Waals surface area contributed by atoms with Gasteiger partial charge >= 0.3 is 0 Å². The van der Waals surface area contributed by atoms with E-state index in [1.54, 1.807) is 0 Å². The lowest BCUT2D eigenvalue weighted by molar-refractivity contribution is -0.127. The fourth-order valence-corrected chi connectivity index (χ4v) is 1.77. The quantitative estimate of drug-likeness (QED) is 0.674. The highest BCUT2D eigenvalue weighted by atomic mass is 16.1. The molecule has 0 rings (SSSR count). The summed E-state index contributed by atoms with van der Waals surface area (Å²) in [6.07, 6.45) is 3.94. The summed E-state index contributed by atoms with van der Waals surface area (Å²) in [5.41, 5.74) is 0.0746. The Morgan fingerprint density at radius 3 is 2.06 bits per heavy atom. The molecule has 2 nitrogen and oxygen atoms in total. The highest BCUT2D eigenvalue weighted by molar-refractivity contribution is 5.83. The molecule has 0 aliphatic heterocycles. The molecule has 0 atom stereocenters. The number of nitrogens with one attached hydrogen (secondary N) is 1. The Hall–Kier alpha value is -0.370. The maximum Gasteiger partial charge on any atom is 0.138 e. The van der Waals surface area contributed by atoms with Crippen LogP contribution in [-0.2, 0) is 4.79 Å². The summed E-state index contributed by atoms with van der Waals surface area (Å²) < 4.78 is 0. The minimum absolute atomic E-state index is 0.128. The predicted octanol–water partition coefficient (Wildman–Crippen LogP) is 3.55. The molecule has 1 N–H and O–H groups in total. The van der Waals surface area contributed by atoms with Gasteiger partial charge < -0.3 is 5.32 Å². The largest absolute Gasteiger partial charge is 0.312 e. The Balaban J connectivity index is 3.70. The van der Waals surface area contributed by atoms with Crippen LogP contribution in [0.4, 0.5) is 0 Å². The lowest BCUT2D eigenvalue weighted by Gasteiger charge is -2.23. The van der Waals surface area contributed by atoms with E-state index in [2.05, 4.69) is 39.9 Å². The zero-order chi connectivity index (χ0) is 12.8. The summed E-state index contributed by atoms with van der Waals surface area (Å²) in [5, 5.41) is 3.47. The molecular formula is C14H29NO. The SMILES string of the molecule is CCC(=O)C(C)(C)CCCCNC(C)(C)C. The monoisotopic (exact) mass is 227 g/mol. The van der Waals surface area contributed by atoms with Crippen LogP contribution in [0.3, 0.4) is 0 Å². The van der Waals surface area contributed by atoms with E-state index in [-0.39, 0.29) is 11.0 Å². The van der Waals surface area contributed by atoms with Gasteiger partial charge in [-0.1, -0.05) is 27.2 Å². The summed E-state index contributed by atoms with van der Waals surface area (Å²) in [5.74, 6) is 0.385. The number of hydrogen-bond donors (Lipinski definition) is 1. The molecule has 16 heavy (non-hydrogen) atoms. The van der Waals surface area contributed by atoms with Gasteiger partial charge in [-0.3, -0.25) is 4.79 Å². The number of ketones is 1. The maximum absolute atomic E-state index is 11.6. The topological polar surface area (TPSA) is 29.1 Å². The Morgan fingerprint density at radius 1 is 1.06 bits per heavy atom. The Labute approximate surface area is 101 Å². The van der Waals surface area contributed by atoms with Gasteiger partial charge in [0.25, 0.3) is 0 Å². The molecular weight excluding hydrogens is 198 g/mol. The number of unbranched alkanes of at least 4 members (excludes halogenated alkanes) is 1. The van der Waals surface area contributed by atoms with Crippen LogP contribution in [0.5, 0.6) is 0 Å². The summed E-state index contributed by atoms with van der Waals surface area (Å²) in [6.45, 7) is 13.7. The van der Waals surface area contributed by atoms with Gasteiger partial charge in [0.15, 0.2) is 0 Å². The van der Waals surface area contributed by atoms with E-state index in [1.807, 2.05) is 6.92 Å². The van der Waals surface area contributed by atoms with Crippen LogP contribution >= 0.6 is 0 Å². The molecule has 0 fully saturated rings. The molecule has 2 heteroatoms. The smallest absolute Gasteiger partial charge is 0.138 e. The van der Waals surface area contributed by atoms with Gasteiger partial charge in [-0.05, 0) is 40.2 Å². The van der Waals surface area contributed by atoms with Crippen molar-refractivity contribution >= 4 is 5.78 Å². The van der Waals surface area contributed by atoms with Gasteiger partial charge in [0.05, 0.1) is 0 Å². The number of Topliss-reactive ketones (excluding diaryl/α,β-unsaturated/α-hetero) is 1. The number of carbonyl (C=O) groups excluding carboxylic acids is 1. The highest BCUT2D eigenvalue weighted by Crippen LogP contribution is 2.25. The van der Waals surface area contributed by atoms with Gasteiger partial charge in [-0.2, -0.15) is 0 Å². The average molecular weight is 227 g/mol. The van der Waals surface area contributed by atoms with Crippen LogP contribution in [0.1, 0.15) is 67.2 Å². The van der Waals surface area contributed by atoms with Gasteiger partial charge in [-0.25, -0.2) is 0 Å². The van der Waals surface area contributed by atoms with Crippen LogP contribution in [-0.4, -0.2) is 17.9 Å². The normalized spacial score (nSPS) is 12.9. The van der Waals surface area contributed by atoms with Gasteiger partial charge in [0, 0.05) is 17.4 Å². The minimum atomic E-state index is -0.128. The number of rotatable bonds is 7. The summed E-state index contributed by atoms with van der Waals surface area (Å²) in [4.78, 5) is 11.6. The van der Waals surface area contributed by atoms with E-state index in [0.29, 0.717) is 12.2 Å². The van der Waals surface area contributed by atoms with Crippen molar-refractivity contribution in [1.29, 1.82) is 0 Å². The third-order valence-corrected chi connectivity index (χ3v) is 2.96. The molecule has 0 aromatic heterocycles. The fourth-order valence-electron chi connectivity index (χ4n) is 1.77. The Morgan fingerprint density at radius 2 is 1.62 bits per heavy atom. The highest BCUT2D eigenvalue weighted by Gasteiger charge is 2.24. The van der Waals surface area contributed by atoms with Crippen molar-refractivity contribution in [2.75, 3.05) is 6.54 Å². The number of carbonyl (C=O) groups is 1. The Bertz CT molecular complexity index is 213. The summed E-state index contributed by atoms with van der Waals surface area (Å²) in [7, 11) is 0.